The number of carbonyl (C=O) groups is 1. The average Bonchev–Trinajstić information content (AvgIpc) is 1.85. The van der Waals surface area contributed by atoms with Crippen LogP contribution in [0.1, 0.15) is 19.8 Å². The monoisotopic (exact) mass is 162 g/mol. The Morgan fingerprint density at radius 1 is 1.80 bits per heavy atom. The fraction of sp³-hybridized carbons (Fsp3) is 0.857. The maximum Gasteiger partial charge on any atom is 0.306 e. The van der Waals surface area contributed by atoms with Gasteiger partial charge in [0.25, 0.3) is 0 Å². The van der Waals surface area contributed by atoms with Gasteiger partial charge in [-0.1, -0.05) is 6.92 Å². The SMILES string of the molecule is C[C@H]1CC(=O)O[C@H](CCl)C1. The minimum absolute atomic E-state index is 0.0436. The Labute approximate surface area is 65.5 Å². The van der Waals surface area contributed by atoms with Gasteiger partial charge < -0.3 is 4.74 Å². The summed E-state index contributed by atoms with van der Waals surface area (Å²) in [6, 6.07) is 0. The van der Waals surface area contributed by atoms with Crippen LogP contribution in [0, 0.1) is 5.92 Å². The summed E-state index contributed by atoms with van der Waals surface area (Å²) in [4.78, 5) is 10.8. The molecule has 0 bridgehead atoms. The zero-order valence-electron chi connectivity index (χ0n) is 5.97. The van der Waals surface area contributed by atoms with Crippen LogP contribution in [0.15, 0.2) is 0 Å². The van der Waals surface area contributed by atoms with E-state index in [2.05, 4.69) is 0 Å². The molecule has 0 aromatic rings. The molecule has 58 valence electrons. The molecule has 0 amide bonds. The van der Waals surface area contributed by atoms with E-state index in [1.54, 1.807) is 0 Å². The summed E-state index contributed by atoms with van der Waals surface area (Å²) in [6.45, 7) is 2.04. The van der Waals surface area contributed by atoms with Gasteiger partial charge in [0.05, 0.1) is 5.88 Å². The molecule has 0 aromatic heterocycles. The van der Waals surface area contributed by atoms with Gasteiger partial charge >= 0.3 is 5.97 Å². The molecule has 1 heterocycles. The van der Waals surface area contributed by atoms with E-state index in [1.807, 2.05) is 6.92 Å². The lowest BCUT2D eigenvalue weighted by Gasteiger charge is -2.24. The first-order valence-corrected chi connectivity index (χ1v) is 4.01. The van der Waals surface area contributed by atoms with Crippen molar-refractivity contribution in [3.05, 3.63) is 0 Å². The Hall–Kier alpha value is -0.240. The second-order valence-corrected chi connectivity index (χ2v) is 3.12. The normalized spacial score (nSPS) is 33.6. The molecule has 1 saturated heterocycles. The van der Waals surface area contributed by atoms with Crippen molar-refractivity contribution in [2.45, 2.75) is 25.9 Å². The van der Waals surface area contributed by atoms with Crippen molar-refractivity contribution in [2.75, 3.05) is 5.88 Å². The molecular weight excluding hydrogens is 152 g/mol. The standard InChI is InChI=1S/C7H11ClO2/c1-5-2-6(4-8)10-7(9)3-5/h5-6H,2-4H2,1H3/t5-,6+/m1/s1. The van der Waals surface area contributed by atoms with Crippen molar-refractivity contribution in [2.24, 2.45) is 5.92 Å². The number of rotatable bonds is 1. The highest BCUT2D eigenvalue weighted by molar-refractivity contribution is 6.18. The summed E-state index contributed by atoms with van der Waals surface area (Å²) in [6.07, 6.45) is 1.42. The highest BCUT2D eigenvalue weighted by Crippen LogP contribution is 2.20. The van der Waals surface area contributed by atoms with Gasteiger partial charge in [0.1, 0.15) is 6.10 Å². The van der Waals surface area contributed by atoms with E-state index in [4.69, 9.17) is 16.3 Å². The maximum absolute atomic E-state index is 10.8. The summed E-state index contributed by atoms with van der Waals surface area (Å²) in [5.74, 6) is 0.755. The average molecular weight is 163 g/mol. The molecule has 1 rings (SSSR count). The van der Waals surface area contributed by atoms with Gasteiger partial charge in [-0.3, -0.25) is 4.79 Å². The van der Waals surface area contributed by atoms with Gasteiger partial charge in [-0.15, -0.1) is 11.6 Å². The van der Waals surface area contributed by atoms with E-state index in [1.165, 1.54) is 0 Å². The second kappa shape index (κ2) is 3.24. The number of hydrogen-bond acceptors (Lipinski definition) is 2. The topological polar surface area (TPSA) is 26.3 Å². The minimum Gasteiger partial charge on any atom is -0.461 e. The third-order valence-electron chi connectivity index (χ3n) is 1.65. The molecule has 0 aromatic carbocycles. The molecule has 3 heteroatoms. The zero-order chi connectivity index (χ0) is 7.56. The van der Waals surface area contributed by atoms with Crippen LogP contribution in [-0.2, 0) is 9.53 Å². The first-order valence-electron chi connectivity index (χ1n) is 3.48. The predicted molar refractivity (Wildman–Crippen MR) is 39.0 cm³/mol. The quantitative estimate of drug-likeness (QED) is 0.432. The van der Waals surface area contributed by atoms with E-state index in [0.29, 0.717) is 18.2 Å². The first-order chi connectivity index (χ1) is 4.72. The molecule has 0 saturated carbocycles. The molecule has 1 aliphatic heterocycles. The zero-order valence-corrected chi connectivity index (χ0v) is 6.73. The number of esters is 1. The highest BCUT2D eigenvalue weighted by Gasteiger charge is 2.24. The summed E-state index contributed by atoms with van der Waals surface area (Å²) in [5, 5.41) is 0. The van der Waals surface area contributed by atoms with Gasteiger partial charge in [0.2, 0.25) is 0 Å². The number of halogens is 1. The Bertz CT molecular complexity index is 136. The number of ether oxygens (including phenoxy) is 1. The van der Waals surface area contributed by atoms with Crippen molar-refractivity contribution < 1.29 is 9.53 Å². The van der Waals surface area contributed by atoms with Gasteiger partial charge in [0.15, 0.2) is 0 Å². The summed E-state index contributed by atoms with van der Waals surface area (Å²) < 4.78 is 4.94. The predicted octanol–water partition coefficient (Wildman–Crippen LogP) is 1.57. The van der Waals surface area contributed by atoms with Crippen molar-refractivity contribution in [3.8, 4) is 0 Å². The molecule has 2 atom stereocenters. The number of alkyl halides is 1. The lowest BCUT2D eigenvalue weighted by Crippen LogP contribution is -2.29. The molecular formula is C7H11ClO2. The van der Waals surface area contributed by atoms with Crippen LogP contribution < -0.4 is 0 Å². The number of carbonyl (C=O) groups excluding carboxylic acids is 1. The van der Waals surface area contributed by atoms with Crippen molar-refractivity contribution in [3.63, 3.8) is 0 Å². The van der Waals surface area contributed by atoms with Gasteiger partial charge in [-0.2, -0.15) is 0 Å². The number of cyclic esters (lactones) is 1. The first kappa shape index (κ1) is 7.86. The second-order valence-electron chi connectivity index (χ2n) is 2.81. The Morgan fingerprint density at radius 2 is 2.50 bits per heavy atom. The fourth-order valence-electron chi connectivity index (χ4n) is 1.19. The molecule has 1 aliphatic rings. The van der Waals surface area contributed by atoms with E-state index < -0.39 is 0 Å². The van der Waals surface area contributed by atoms with Crippen LogP contribution in [-0.4, -0.2) is 18.0 Å². The van der Waals surface area contributed by atoms with Crippen molar-refractivity contribution >= 4 is 17.6 Å². The van der Waals surface area contributed by atoms with Crippen LogP contribution in [0.25, 0.3) is 0 Å². The molecule has 0 N–H and O–H groups in total. The van der Waals surface area contributed by atoms with Crippen molar-refractivity contribution in [1.82, 2.24) is 0 Å². The van der Waals surface area contributed by atoms with Crippen LogP contribution in [0.3, 0.4) is 0 Å². The van der Waals surface area contributed by atoms with Crippen LogP contribution in [0.5, 0.6) is 0 Å². The highest BCUT2D eigenvalue weighted by atomic mass is 35.5. The van der Waals surface area contributed by atoms with E-state index in [-0.39, 0.29) is 12.1 Å². The minimum atomic E-state index is -0.107. The van der Waals surface area contributed by atoms with Crippen LogP contribution in [0.4, 0.5) is 0 Å². The van der Waals surface area contributed by atoms with E-state index in [9.17, 15) is 4.79 Å². The molecule has 0 unspecified atom stereocenters. The smallest absolute Gasteiger partial charge is 0.306 e. The number of hydrogen-bond donors (Lipinski definition) is 0. The Morgan fingerprint density at radius 3 is 3.00 bits per heavy atom. The molecule has 0 radical (unpaired) electrons. The van der Waals surface area contributed by atoms with Gasteiger partial charge in [0, 0.05) is 6.42 Å². The largest absolute Gasteiger partial charge is 0.461 e. The lowest BCUT2D eigenvalue weighted by atomic mass is 9.98. The molecule has 2 nitrogen and oxygen atoms in total. The maximum atomic E-state index is 10.8. The molecule has 1 fully saturated rings. The molecule has 0 spiro atoms. The Kier molecular flexibility index (Phi) is 2.55. The Balaban J connectivity index is 2.42. The van der Waals surface area contributed by atoms with Gasteiger partial charge in [-0.25, -0.2) is 0 Å². The third kappa shape index (κ3) is 1.87. The van der Waals surface area contributed by atoms with E-state index in [0.717, 1.165) is 6.42 Å². The third-order valence-corrected chi connectivity index (χ3v) is 1.99. The van der Waals surface area contributed by atoms with Gasteiger partial charge in [-0.05, 0) is 12.3 Å². The molecule has 0 aliphatic carbocycles. The van der Waals surface area contributed by atoms with Crippen LogP contribution in [0.2, 0.25) is 0 Å². The molecule has 10 heavy (non-hydrogen) atoms. The van der Waals surface area contributed by atoms with Crippen molar-refractivity contribution in [1.29, 1.82) is 0 Å². The lowest BCUT2D eigenvalue weighted by molar-refractivity contribution is -0.154. The summed E-state index contributed by atoms with van der Waals surface area (Å²) in [7, 11) is 0. The summed E-state index contributed by atoms with van der Waals surface area (Å²) >= 11 is 5.53. The summed E-state index contributed by atoms with van der Waals surface area (Å²) in [5.41, 5.74) is 0. The van der Waals surface area contributed by atoms with E-state index >= 15 is 0 Å². The fourth-order valence-corrected chi connectivity index (χ4v) is 1.38. The van der Waals surface area contributed by atoms with Crippen LogP contribution >= 0.6 is 11.6 Å².